The van der Waals surface area contributed by atoms with Gasteiger partial charge in [0.15, 0.2) is 0 Å². The van der Waals surface area contributed by atoms with Crippen molar-refractivity contribution < 1.29 is 0 Å². The van der Waals surface area contributed by atoms with E-state index in [-0.39, 0.29) is 0 Å². The van der Waals surface area contributed by atoms with Gasteiger partial charge in [0.25, 0.3) is 0 Å². The third-order valence-electron chi connectivity index (χ3n) is 3.81. The lowest BCUT2D eigenvalue weighted by Gasteiger charge is -2.26. The topological polar surface area (TPSA) is 0 Å². The summed E-state index contributed by atoms with van der Waals surface area (Å²) in [5.74, 6) is 0. The molecule has 1 unspecified atom stereocenters. The van der Waals surface area contributed by atoms with E-state index in [9.17, 15) is 0 Å². The van der Waals surface area contributed by atoms with Gasteiger partial charge < -0.3 is 0 Å². The quantitative estimate of drug-likeness (QED) is 0.495. The van der Waals surface area contributed by atoms with Crippen LogP contribution in [0.25, 0.3) is 0 Å². The van der Waals surface area contributed by atoms with Crippen LogP contribution in [0.3, 0.4) is 0 Å². The highest BCUT2D eigenvalue weighted by Gasteiger charge is 2.45. The van der Waals surface area contributed by atoms with Gasteiger partial charge in [0.2, 0.25) is 0 Å². The van der Waals surface area contributed by atoms with E-state index >= 15 is 0 Å². The highest BCUT2D eigenvalue weighted by Crippen LogP contribution is 2.56. The molecule has 3 heteroatoms. The molecule has 0 amide bonds. The van der Waals surface area contributed by atoms with Crippen molar-refractivity contribution in [2.75, 3.05) is 6.66 Å². The Kier molecular flexibility index (Phi) is 5.09. The molecular weight excluding hydrogens is 301 g/mol. The first-order valence-electron chi connectivity index (χ1n) is 7.45. The van der Waals surface area contributed by atoms with Crippen LogP contribution in [0.5, 0.6) is 0 Å². The second-order valence-electron chi connectivity index (χ2n) is 5.15. The third kappa shape index (κ3) is 2.89. The number of benzene rings is 3. The van der Waals surface area contributed by atoms with Crippen molar-refractivity contribution in [1.29, 1.82) is 0 Å². The van der Waals surface area contributed by atoms with E-state index in [1.165, 1.54) is 15.9 Å². The summed E-state index contributed by atoms with van der Waals surface area (Å²) in [5, 5.41) is 4.30. The van der Waals surface area contributed by atoms with Gasteiger partial charge in [0.05, 0.1) is 23.1 Å². The van der Waals surface area contributed by atoms with Crippen molar-refractivity contribution >= 4 is 38.2 Å². The molecule has 0 spiro atoms. The second kappa shape index (κ2) is 7.23. The van der Waals surface area contributed by atoms with Crippen LogP contribution in [-0.2, 0) is 0 Å². The molecule has 3 aromatic carbocycles. The molecule has 0 aliphatic rings. The standard InChI is InChI=1S/C19H19BP2/c1-21-20-22(17-11-5-2-6-12-17,18-13-7-3-8-14-18)19-15-9-4-10-16-19/h2-16,21H,1H3/q+1. The van der Waals surface area contributed by atoms with Crippen molar-refractivity contribution in [2.45, 2.75) is 0 Å². The Bertz CT molecular complexity index is 603. The molecular formula is C19H19BP2+. The summed E-state index contributed by atoms with van der Waals surface area (Å²) < 4.78 is 0. The smallest absolute Gasteiger partial charge is 0.113 e. The molecule has 0 saturated carbocycles. The Morgan fingerprint density at radius 2 is 0.909 bits per heavy atom. The Balaban J connectivity index is 2.29. The number of hydrogen-bond donors (Lipinski definition) is 0. The molecule has 0 saturated heterocycles. The van der Waals surface area contributed by atoms with Crippen LogP contribution in [0.2, 0.25) is 0 Å². The van der Waals surface area contributed by atoms with Crippen molar-refractivity contribution in [2.24, 2.45) is 0 Å². The summed E-state index contributed by atoms with van der Waals surface area (Å²) in [4.78, 5) is 0. The normalized spacial score (nSPS) is 11.7. The average Bonchev–Trinajstić information content (AvgIpc) is 2.62. The van der Waals surface area contributed by atoms with Crippen molar-refractivity contribution in [1.82, 2.24) is 0 Å². The maximum absolute atomic E-state index is 2.56. The molecule has 0 heterocycles. The van der Waals surface area contributed by atoms with Crippen molar-refractivity contribution in [3.05, 3.63) is 91.0 Å². The molecule has 0 N–H and O–H groups in total. The third-order valence-corrected chi connectivity index (χ3v) is 9.73. The monoisotopic (exact) mass is 320 g/mol. The van der Waals surface area contributed by atoms with Gasteiger partial charge >= 0.3 is 6.72 Å². The predicted molar refractivity (Wildman–Crippen MR) is 105 cm³/mol. The summed E-state index contributed by atoms with van der Waals surface area (Å²) in [7, 11) is -0.856. The minimum atomic E-state index is -1.67. The molecule has 3 aromatic rings. The molecule has 22 heavy (non-hydrogen) atoms. The fourth-order valence-corrected chi connectivity index (χ4v) is 9.01. The summed E-state index contributed by atoms with van der Waals surface area (Å²) in [6.07, 6.45) is 0. The zero-order valence-corrected chi connectivity index (χ0v) is 14.6. The maximum Gasteiger partial charge on any atom is 0.402 e. The fraction of sp³-hybridized carbons (Fsp3) is 0.0526. The molecule has 0 bridgehead atoms. The Labute approximate surface area is 136 Å². The van der Waals surface area contributed by atoms with E-state index in [2.05, 4.69) is 104 Å². The number of hydrogen-bond acceptors (Lipinski definition) is 0. The zero-order chi connectivity index (χ0) is 15.3. The fourth-order valence-electron chi connectivity index (χ4n) is 2.85. The molecule has 1 radical (unpaired) electrons. The van der Waals surface area contributed by atoms with Gasteiger partial charge in [-0.2, -0.15) is 0 Å². The Morgan fingerprint density at radius 3 is 1.18 bits per heavy atom. The van der Waals surface area contributed by atoms with Gasteiger partial charge in [-0.3, -0.25) is 0 Å². The number of rotatable bonds is 5. The first-order chi connectivity index (χ1) is 10.9. The van der Waals surface area contributed by atoms with Gasteiger partial charge in [-0.15, -0.1) is 8.46 Å². The van der Waals surface area contributed by atoms with Crippen LogP contribution in [0.1, 0.15) is 0 Å². The van der Waals surface area contributed by atoms with E-state index < -0.39 is 7.14 Å². The highest BCUT2D eigenvalue weighted by atomic mass is 31.2. The van der Waals surface area contributed by atoms with Crippen molar-refractivity contribution in [3.8, 4) is 0 Å². The zero-order valence-electron chi connectivity index (χ0n) is 12.7. The molecule has 107 valence electrons. The Hall–Kier alpha value is -1.42. The van der Waals surface area contributed by atoms with Gasteiger partial charge in [0, 0.05) is 0 Å². The van der Waals surface area contributed by atoms with Crippen molar-refractivity contribution in [3.63, 3.8) is 0 Å². The van der Waals surface area contributed by atoms with Crippen LogP contribution in [0.4, 0.5) is 0 Å². The lowest BCUT2D eigenvalue weighted by molar-refractivity contribution is 1.73. The lowest BCUT2D eigenvalue weighted by atomic mass is 10.3. The molecule has 0 aromatic heterocycles. The lowest BCUT2D eigenvalue weighted by Crippen LogP contribution is -2.33. The molecule has 0 aliphatic carbocycles. The molecule has 0 aliphatic heterocycles. The maximum atomic E-state index is 2.56. The highest BCUT2D eigenvalue weighted by molar-refractivity contribution is 8.28. The van der Waals surface area contributed by atoms with E-state index in [0.717, 1.165) is 8.46 Å². The van der Waals surface area contributed by atoms with Gasteiger partial charge in [-0.25, -0.2) is 0 Å². The van der Waals surface area contributed by atoms with E-state index in [4.69, 9.17) is 0 Å². The van der Waals surface area contributed by atoms with Gasteiger partial charge in [-0.05, 0) is 36.4 Å². The molecule has 0 fully saturated rings. The van der Waals surface area contributed by atoms with Gasteiger partial charge in [0.1, 0.15) is 0 Å². The second-order valence-corrected chi connectivity index (χ2v) is 9.75. The van der Waals surface area contributed by atoms with Crippen LogP contribution >= 0.6 is 15.6 Å². The van der Waals surface area contributed by atoms with Crippen LogP contribution in [-0.4, -0.2) is 13.4 Å². The SMILES string of the molecule is CP[B][P+](c1ccccc1)(c1ccccc1)c1ccccc1. The van der Waals surface area contributed by atoms with Gasteiger partial charge in [-0.1, -0.05) is 61.3 Å². The van der Waals surface area contributed by atoms with E-state index in [1.807, 2.05) is 0 Å². The molecule has 1 atom stereocenters. The molecule has 3 rings (SSSR count). The molecule has 0 nitrogen and oxygen atoms in total. The largest absolute Gasteiger partial charge is 0.402 e. The minimum absolute atomic E-state index is 0.810. The predicted octanol–water partition coefficient (Wildman–Crippen LogP) is 3.82. The van der Waals surface area contributed by atoms with Crippen LogP contribution in [0, 0.1) is 0 Å². The summed E-state index contributed by atoms with van der Waals surface area (Å²) in [5.41, 5.74) is 0. The average molecular weight is 320 g/mol. The first-order valence-corrected chi connectivity index (χ1v) is 10.9. The van der Waals surface area contributed by atoms with Crippen LogP contribution in [0.15, 0.2) is 91.0 Å². The summed E-state index contributed by atoms with van der Waals surface area (Å²) in [6, 6.07) is 32.9. The summed E-state index contributed by atoms with van der Waals surface area (Å²) >= 11 is 0. The Morgan fingerprint density at radius 1 is 0.591 bits per heavy atom. The minimum Gasteiger partial charge on any atom is -0.113 e. The first kappa shape index (κ1) is 15.5. The summed E-state index contributed by atoms with van der Waals surface area (Å²) in [6.45, 7) is 4.83. The van der Waals surface area contributed by atoms with Crippen LogP contribution < -0.4 is 15.9 Å². The van der Waals surface area contributed by atoms with E-state index in [0.29, 0.717) is 0 Å². The van der Waals surface area contributed by atoms with E-state index in [1.54, 1.807) is 0 Å².